The summed E-state index contributed by atoms with van der Waals surface area (Å²) in [5.41, 5.74) is 1.14. The summed E-state index contributed by atoms with van der Waals surface area (Å²) in [6, 6.07) is 10.4. The molecular formula is C13H13Br2NOS. The maximum atomic E-state index is 5.46. The summed E-state index contributed by atoms with van der Waals surface area (Å²) in [4.78, 5) is 1.25. The van der Waals surface area contributed by atoms with Crippen molar-refractivity contribution in [1.29, 1.82) is 0 Å². The third kappa shape index (κ3) is 2.96. The van der Waals surface area contributed by atoms with Crippen LogP contribution in [0.5, 0.6) is 5.75 Å². The number of rotatable bonds is 4. The molecule has 96 valence electrons. The van der Waals surface area contributed by atoms with Crippen molar-refractivity contribution in [2.45, 2.75) is 6.04 Å². The Morgan fingerprint density at radius 1 is 1.22 bits per heavy atom. The van der Waals surface area contributed by atoms with Gasteiger partial charge < -0.3 is 10.1 Å². The first-order valence-electron chi connectivity index (χ1n) is 5.41. The van der Waals surface area contributed by atoms with Gasteiger partial charge in [-0.3, -0.25) is 0 Å². The Labute approximate surface area is 128 Å². The highest BCUT2D eigenvalue weighted by atomic mass is 79.9. The van der Waals surface area contributed by atoms with Crippen molar-refractivity contribution in [2.24, 2.45) is 0 Å². The van der Waals surface area contributed by atoms with Gasteiger partial charge in [0.2, 0.25) is 0 Å². The van der Waals surface area contributed by atoms with Crippen molar-refractivity contribution >= 4 is 43.2 Å². The Balaban J connectivity index is 2.44. The molecule has 2 rings (SSSR count). The van der Waals surface area contributed by atoms with Gasteiger partial charge in [-0.1, -0.05) is 22.0 Å². The van der Waals surface area contributed by atoms with Crippen LogP contribution in [0, 0.1) is 0 Å². The SMILES string of the molecule is CNC(c1ccc(Br)s1)c1ccc(Br)cc1OC. The van der Waals surface area contributed by atoms with Crippen molar-refractivity contribution in [3.05, 3.63) is 49.0 Å². The summed E-state index contributed by atoms with van der Waals surface area (Å²) in [5, 5.41) is 3.34. The minimum absolute atomic E-state index is 0.143. The summed E-state index contributed by atoms with van der Waals surface area (Å²) >= 11 is 8.69. The molecule has 1 aromatic heterocycles. The Hall–Kier alpha value is -0.360. The Morgan fingerprint density at radius 2 is 2.00 bits per heavy atom. The zero-order valence-corrected chi connectivity index (χ0v) is 14.0. The smallest absolute Gasteiger partial charge is 0.125 e. The second kappa shape index (κ2) is 6.19. The molecule has 0 saturated heterocycles. The topological polar surface area (TPSA) is 21.3 Å². The van der Waals surface area contributed by atoms with Gasteiger partial charge in [0.15, 0.2) is 0 Å². The molecule has 0 aliphatic carbocycles. The van der Waals surface area contributed by atoms with Gasteiger partial charge >= 0.3 is 0 Å². The van der Waals surface area contributed by atoms with Crippen LogP contribution in [0.25, 0.3) is 0 Å². The molecule has 0 bridgehead atoms. The summed E-state index contributed by atoms with van der Waals surface area (Å²) in [6.07, 6.45) is 0. The highest BCUT2D eigenvalue weighted by Gasteiger charge is 2.18. The van der Waals surface area contributed by atoms with E-state index in [0.717, 1.165) is 19.6 Å². The van der Waals surface area contributed by atoms with Crippen LogP contribution < -0.4 is 10.1 Å². The van der Waals surface area contributed by atoms with E-state index in [2.05, 4.69) is 55.4 Å². The third-order valence-electron chi connectivity index (χ3n) is 2.67. The molecule has 0 spiro atoms. The van der Waals surface area contributed by atoms with Crippen molar-refractivity contribution in [1.82, 2.24) is 5.32 Å². The number of nitrogens with one attached hydrogen (secondary N) is 1. The predicted molar refractivity (Wildman–Crippen MR) is 83.6 cm³/mol. The van der Waals surface area contributed by atoms with E-state index in [4.69, 9.17) is 4.74 Å². The molecule has 18 heavy (non-hydrogen) atoms. The molecule has 2 aromatic rings. The fourth-order valence-corrected chi connectivity index (χ4v) is 3.75. The van der Waals surface area contributed by atoms with Crippen molar-refractivity contribution in [3.8, 4) is 5.75 Å². The van der Waals surface area contributed by atoms with Crippen LogP contribution in [0.1, 0.15) is 16.5 Å². The van der Waals surface area contributed by atoms with Crippen molar-refractivity contribution in [2.75, 3.05) is 14.2 Å². The number of ether oxygens (including phenoxy) is 1. The molecular weight excluding hydrogens is 378 g/mol. The lowest BCUT2D eigenvalue weighted by atomic mass is 10.0. The molecule has 0 fully saturated rings. The minimum Gasteiger partial charge on any atom is -0.496 e. The lowest BCUT2D eigenvalue weighted by Gasteiger charge is -2.18. The maximum absolute atomic E-state index is 5.46. The first-order valence-corrected chi connectivity index (χ1v) is 7.82. The summed E-state index contributed by atoms with van der Waals surface area (Å²) in [5.74, 6) is 0.883. The third-order valence-corrected chi connectivity index (χ3v) is 4.86. The predicted octanol–water partition coefficient (Wildman–Crippen LogP) is 4.59. The number of hydrogen-bond acceptors (Lipinski definition) is 3. The number of benzene rings is 1. The molecule has 0 aliphatic heterocycles. The second-order valence-electron chi connectivity index (χ2n) is 3.75. The van der Waals surface area contributed by atoms with Gasteiger partial charge in [-0.2, -0.15) is 0 Å². The van der Waals surface area contributed by atoms with E-state index in [1.165, 1.54) is 4.88 Å². The fourth-order valence-electron chi connectivity index (χ4n) is 1.86. The van der Waals surface area contributed by atoms with Crippen LogP contribution in [0.2, 0.25) is 0 Å². The van der Waals surface area contributed by atoms with Crippen molar-refractivity contribution in [3.63, 3.8) is 0 Å². The monoisotopic (exact) mass is 389 g/mol. The van der Waals surface area contributed by atoms with Crippen LogP contribution in [-0.4, -0.2) is 14.2 Å². The number of halogens is 2. The normalized spacial score (nSPS) is 12.4. The standard InChI is InChI=1S/C13H13Br2NOS/c1-16-13(11-5-6-12(15)18-11)9-4-3-8(14)7-10(9)17-2/h3-7,13,16H,1-2H3. The molecule has 1 unspecified atom stereocenters. The van der Waals surface area contributed by atoms with E-state index in [1.54, 1.807) is 18.4 Å². The van der Waals surface area contributed by atoms with E-state index in [0.29, 0.717) is 0 Å². The molecule has 0 radical (unpaired) electrons. The minimum atomic E-state index is 0.143. The highest BCUT2D eigenvalue weighted by molar-refractivity contribution is 9.11. The molecule has 1 atom stereocenters. The van der Waals surface area contributed by atoms with Crippen LogP contribution in [0.4, 0.5) is 0 Å². The number of hydrogen-bond donors (Lipinski definition) is 1. The zero-order valence-electron chi connectivity index (χ0n) is 10.0. The molecule has 0 amide bonds. The molecule has 1 heterocycles. The van der Waals surface area contributed by atoms with E-state index >= 15 is 0 Å². The first kappa shape index (κ1) is 14.1. The van der Waals surface area contributed by atoms with E-state index in [9.17, 15) is 0 Å². The van der Waals surface area contributed by atoms with Crippen LogP contribution >= 0.6 is 43.2 Å². The molecule has 5 heteroatoms. The number of methoxy groups -OCH3 is 1. The quantitative estimate of drug-likeness (QED) is 0.824. The molecule has 1 aromatic carbocycles. The summed E-state index contributed by atoms with van der Waals surface area (Å²) in [7, 11) is 3.65. The van der Waals surface area contributed by atoms with Crippen LogP contribution in [0.15, 0.2) is 38.6 Å². The molecule has 0 saturated carbocycles. The largest absolute Gasteiger partial charge is 0.496 e. The van der Waals surface area contributed by atoms with Crippen LogP contribution in [-0.2, 0) is 0 Å². The zero-order chi connectivity index (χ0) is 13.1. The average molecular weight is 391 g/mol. The van der Waals surface area contributed by atoms with Gasteiger partial charge in [0, 0.05) is 14.9 Å². The molecule has 1 N–H and O–H groups in total. The lowest BCUT2D eigenvalue weighted by molar-refractivity contribution is 0.405. The van der Waals surface area contributed by atoms with E-state index in [-0.39, 0.29) is 6.04 Å². The maximum Gasteiger partial charge on any atom is 0.125 e. The van der Waals surface area contributed by atoms with Gasteiger partial charge in [0.05, 0.1) is 16.9 Å². The Morgan fingerprint density at radius 3 is 2.56 bits per heavy atom. The average Bonchev–Trinajstić information content (AvgIpc) is 2.78. The van der Waals surface area contributed by atoms with Crippen molar-refractivity contribution < 1.29 is 4.74 Å². The van der Waals surface area contributed by atoms with Crippen LogP contribution in [0.3, 0.4) is 0 Å². The Kier molecular flexibility index (Phi) is 4.84. The van der Waals surface area contributed by atoms with Gasteiger partial charge in [-0.05, 0) is 47.2 Å². The van der Waals surface area contributed by atoms with Gasteiger partial charge in [0.1, 0.15) is 5.75 Å². The Bertz CT molecular complexity index is 542. The number of thiophene rings is 1. The summed E-state index contributed by atoms with van der Waals surface area (Å²) in [6.45, 7) is 0. The van der Waals surface area contributed by atoms with Gasteiger partial charge in [0.25, 0.3) is 0 Å². The van der Waals surface area contributed by atoms with E-state index < -0.39 is 0 Å². The molecule has 0 aliphatic rings. The highest BCUT2D eigenvalue weighted by Crippen LogP contribution is 2.36. The first-order chi connectivity index (χ1) is 8.65. The van der Waals surface area contributed by atoms with Gasteiger partial charge in [-0.25, -0.2) is 0 Å². The summed E-state index contributed by atoms with van der Waals surface area (Å²) < 4.78 is 7.61. The fraction of sp³-hybridized carbons (Fsp3) is 0.231. The molecule has 2 nitrogen and oxygen atoms in total. The van der Waals surface area contributed by atoms with E-state index in [1.807, 2.05) is 19.2 Å². The lowest BCUT2D eigenvalue weighted by Crippen LogP contribution is -2.17. The second-order valence-corrected chi connectivity index (χ2v) is 7.16. The van der Waals surface area contributed by atoms with Gasteiger partial charge in [-0.15, -0.1) is 11.3 Å².